The molecule has 6 heteroatoms. The third-order valence-electron chi connectivity index (χ3n) is 3.93. The molecule has 0 spiro atoms. The Morgan fingerprint density at radius 2 is 2.11 bits per heavy atom. The Morgan fingerprint density at radius 3 is 2.83 bits per heavy atom. The molecule has 0 bridgehead atoms. The van der Waals surface area contributed by atoms with Gasteiger partial charge in [0, 0.05) is 19.6 Å². The molecule has 1 atom stereocenters. The van der Waals surface area contributed by atoms with E-state index in [0.29, 0.717) is 18.9 Å². The first-order valence-electron chi connectivity index (χ1n) is 6.49. The first-order valence-corrected chi connectivity index (χ1v) is 6.49. The van der Waals surface area contributed by atoms with Gasteiger partial charge in [-0.15, -0.1) is 5.10 Å². The van der Waals surface area contributed by atoms with Gasteiger partial charge >= 0.3 is 5.97 Å². The van der Waals surface area contributed by atoms with E-state index in [0.717, 1.165) is 43.9 Å². The lowest BCUT2D eigenvalue weighted by Crippen LogP contribution is -2.27. The van der Waals surface area contributed by atoms with Crippen molar-refractivity contribution in [3.63, 3.8) is 0 Å². The summed E-state index contributed by atoms with van der Waals surface area (Å²) in [6.07, 6.45) is 3.85. The maximum Gasteiger partial charge on any atom is 0.306 e. The molecule has 1 aromatic heterocycles. The Labute approximate surface area is 105 Å². The van der Waals surface area contributed by atoms with Gasteiger partial charge in [-0.25, -0.2) is 4.68 Å². The van der Waals surface area contributed by atoms with E-state index in [4.69, 9.17) is 9.84 Å². The van der Waals surface area contributed by atoms with Crippen molar-refractivity contribution in [2.24, 2.45) is 5.92 Å². The SMILES string of the molecule is O=C(O)C1CCc2nnn(C3CCOCC3)c2C1. The van der Waals surface area contributed by atoms with Crippen LogP contribution in [0, 0.1) is 5.92 Å². The summed E-state index contributed by atoms with van der Waals surface area (Å²) in [5.74, 6) is -0.991. The van der Waals surface area contributed by atoms with E-state index in [2.05, 4.69) is 10.3 Å². The van der Waals surface area contributed by atoms with E-state index in [1.54, 1.807) is 0 Å². The van der Waals surface area contributed by atoms with E-state index in [1.165, 1.54) is 0 Å². The Morgan fingerprint density at radius 1 is 1.33 bits per heavy atom. The normalized spacial score (nSPS) is 24.8. The minimum atomic E-state index is -0.708. The monoisotopic (exact) mass is 251 g/mol. The van der Waals surface area contributed by atoms with Crippen LogP contribution in [0.15, 0.2) is 0 Å². The van der Waals surface area contributed by atoms with Gasteiger partial charge in [-0.05, 0) is 25.7 Å². The van der Waals surface area contributed by atoms with E-state index < -0.39 is 5.97 Å². The summed E-state index contributed by atoms with van der Waals surface area (Å²) >= 11 is 0. The number of aromatic nitrogens is 3. The van der Waals surface area contributed by atoms with Crippen molar-refractivity contribution in [1.82, 2.24) is 15.0 Å². The summed E-state index contributed by atoms with van der Waals surface area (Å²) < 4.78 is 7.30. The molecule has 1 saturated heterocycles. The average molecular weight is 251 g/mol. The number of carbonyl (C=O) groups is 1. The van der Waals surface area contributed by atoms with Crippen LogP contribution in [-0.4, -0.2) is 39.3 Å². The Bertz CT molecular complexity index is 451. The van der Waals surface area contributed by atoms with E-state index in [-0.39, 0.29) is 5.92 Å². The third kappa shape index (κ3) is 2.01. The number of carboxylic acids is 1. The fourth-order valence-electron chi connectivity index (χ4n) is 2.83. The molecule has 1 aliphatic heterocycles. The van der Waals surface area contributed by atoms with Gasteiger partial charge in [-0.1, -0.05) is 5.21 Å². The minimum absolute atomic E-state index is 0.283. The minimum Gasteiger partial charge on any atom is -0.481 e. The highest BCUT2D eigenvalue weighted by atomic mass is 16.5. The fraction of sp³-hybridized carbons (Fsp3) is 0.750. The number of aliphatic carboxylic acids is 1. The van der Waals surface area contributed by atoms with Crippen LogP contribution in [0.25, 0.3) is 0 Å². The number of carboxylic acid groups (broad SMARTS) is 1. The predicted molar refractivity (Wildman–Crippen MR) is 62.3 cm³/mol. The molecule has 1 aromatic rings. The van der Waals surface area contributed by atoms with Crippen LogP contribution in [0.5, 0.6) is 0 Å². The van der Waals surface area contributed by atoms with Gasteiger partial charge in [0.1, 0.15) is 0 Å². The standard InChI is InChI=1S/C12H17N3O3/c16-12(17)8-1-2-10-11(7-8)15(14-13-10)9-3-5-18-6-4-9/h8-9H,1-7H2,(H,16,17). The van der Waals surface area contributed by atoms with Crippen molar-refractivity contribution < 1.29 is 14.6 Å². The van der Waals surface area contributed by atoms with Crippen LogP contribution < -0.4 is 0 Å². The maximum absolute atomic E-state index is 11.1. The lowest BCUT2D eigenvalue weighted by atomic mass is 9.89. The molecule has 0 amide bonds. The molecular formula is C12H17N3O3. The number of aryl methyl sites for hydroxylation is 1. The molecule has 98 valence electrons. The van der Waals surface area contributed by atoms with Crippen molar-refractivity contribution in [1.29, 1.82) is 0 Å². The number of ether oxygens (including phenoxy) is 1. The summed E-state index contributed by atoms with van der Waals surface area (Å²) in [5, 5.41) is 17.6. The predicted octanol–water partition coefficient (Wildman–Crippen LogP) is 0.819. The maximum atomic E-state index is 11.1. The second-order valence-corrected chi connectivity index (χ2v) is 5.05. The molecule has 0 saturated carbocycles. The number of nitrogens with zero attached hydrogens (tertiary/aromatic N) is 3. The lowest BCUT2D eigenvalue weighted by Gasteiger charge is -2.25. The highest BCUT2D eigenvalue weighted by Crippen LogP contribution is 2.29. The van der Waals surface area contributed by atoms with Crippen molar-refractivity contribution >= 4 is 5.97 Å². The first kappa shape index (κ1) is 11.6. The Kier molecular flexibility index (Phi) is 3.03. The molecule has 0 aromatic carbocycles. The van der Waals surface area contributed by atoms with Crippen LogP contribution in [0.1, 0.15) is 36.7 Å². The summed E-state index contributed by atoms with van der Waals surface area (Å²) in [4.78, 5) is 11.1. The summed E-state index contributed by atoms with van der Waals surface area (Å²) in [7, 11) is 0. The molecule has 1 unspecified atom stereocenters. The van der Waals surface area contributed by atoms with Gasteiger partial charge in [0.15, 0.2) is 0 Å². The number of hydrogen-bond donors (Lipinski definition) is 1. The zero-order valence-electron chi connectivity index (χ0n) is 10.2. The first-order chi connectivity index (χ1) is 8.75. The smallest absolute Gasteiger partial charge is 0.306 e. The van der Waals surface area contributed by atoms with Gasteiger partial charge in [0.2, 0.25) is 0 Å². The Balaban J connectivity index is 1.84. The van der Waals surface area contributed by atoms with Crippen molar-refractivity contribution in [3.05, 3.63) is 11.4 Å². The largest absolute Gasteiger partial charge is 0.481 e. The van der Waals surface area contributed by atoms with Crippen molar-refractivity contribution in [2.75, 3.05) is 13.2 Å². The quantitative estimate of drug-likeness (QED) is 0.842. The molecular weight excluding hydrogens is 234 g/mol. The fourth-order valence-corrected chi connectivity index (χ4v) is 2.83. The highest BCUT2D eigenvalue weighted by Gasteiger charge is 2.30. The van der Waals surface area contributed by atoms with Crippen molar-refractivity contribution in [3.8, 4) is 0 Å². The van der Waals surface area contributed by atoms with Crippen LogP contribution in [-0.2, 0) is 22.4 Å². The van der Waals surface area contributed by atoms with Gasteiger partial charge < -0.3 is 9.84 Å². The second-order valence-electron chi connectivity index (χ2n) is 5.05. The molecule has 6 nitrogen and oxygen atoms in total. The van der Waals surface area contributed by atoms with E-state index in [1.807, 2.05) is 4.68 Å². The van der Waals surface area contributed by atoms with Gasteiger partial charge in [-0.2, -0.15) is 0 Å². The van der Waals surface area contributed by atoms with Crippen LogP contribution in [0.3, 0.4) is 0 Å². The summed E-state index contributed by atoms with van der Waals surface area (Å²) in [6.45, 7) is 1.50. The number of hydrogen-bond acceptors (Lipinski definition) is 4. The summed E-state index contributed by atoms with van der Waals surface area (Å²) in [6, 6.07) is 0.322. The van der Waals surface area contributed by atoms with Crippen LogP contribution in [0.2, 0.25) is 0 Å². The molecule has 1 N–H and O–H groups in total. The van der Waals surface area contributed by atoms with Crippen LogP contribution in [0.4, 0.5) is 0 Å². The average Bonchev–Trinajstić information content (AvgIpc) is 2.82. The van der Waals surface area contributed by atoms with Crippen LogP contribution >= 0.6 is 0 Å². The lowest BCUT2D eigenvalue weighted by molar-refractivity contribution is -0.142. The third-order valence-corrected chi connectivity index (χ3v) is 3.93. The van der Waals surface area contributed by atoms with E-state index in [9.17, 15) is 4.79 Å². The summed E-state index contributed by atoms with van der Waals surface area (Å²) in [5.41, 5.74) is 2.01. The van der Waals surface area contributed by atoms with Gasteiger partial charge in [0.05, 0.1) is 23.3 Å². The second kappa shape index (κ2) is 4.68. The molecule has 1 fully saturated rings. The zero-order chi connectivity index (χ0) is 12.5. The number of rotatable bonds is 2. The van der Waals surface area contributed by atoms with Gasteiger partial charge in [0.25, 0.3) is 0 Å². The molecule has 0 radical (unpaired) electrons. The van der Waals surface area contributed by atoms with Gasteiger partial charge in [-0.3, -0.25) is 4.79 Å². The molecule has 3 rings (SSSR count). The Hall–Kier alpha value is -1.43. The number of fused-ring (bicyclic) bond motifs is 1. The van der Waals surface area contributed by atoms with Crippen molar-refractivity contribution in [2.45, 2.75) is 38.1 Å². The topological polar surface area (TPSA) is 77.2 Å². The molecule has 1 aliphatic carbocycles. The molecule has 18 heavy (non-hydrogen) atoms. The van der Waals surface area contributed by atoms with E-state index >= 15 is 0 Å². The molecule has 2 aliphatic rings. The zero-order valence-corrected chi connectivity index (χ0v) is 10.2. The highest BCUT2D eigenvalue weighted by molar-refractivity contribution is 5.70. The molecule has 2 heterocycles.